The van der Waals surface area contributed by atoms with E-state index in [0.29, 0.717) is 18.8 Å². The summed E-state index contributed by atoms with van der Waals surface area (Å²) in [5.41, 5.74) is 6.74. The van der Waals surface area contributed by atoms with Crippen LogP contribution in [-0.4, -0.2) is 28.2 Å². The predicted octanol–water partition coefficient (Wildman–Crippen LogP) is 0.806. The lowest BCUT2D eigenvalue weighted by Crippen LogP contribution is -2.10. The van der Waals surface area contributed by atoms with Crippen LogP contribution in [0, 0.1) is 0 Å². The van der Waals surface area contributed by atoms with E-state index >= 15 is 0 Å². The van der Waals surface area contributed by atoms with Crippen LogP contribution < -0.4 is 11.1 Å². The second-order valence-electron chi connectivity index (χ2n) is 3.34. The molecule has 0 aromatic carbocycles. The van der Waals surface area contributed by atoms with Crippen molar-refractivity contribution in [2.24, 2.45) is 0 Å². The van der Waals surface area contributed by atoms with Crippen molar-refractivity contribution in [3.05, 3.63) is 11.9 Å². The lowest BCUT2D eigenvalue weighted by molar-refractivity contribution is 0.292. The van der Waals surface area contributed by atoms with Crippen LogP contribution in [-0.2, 0) is 6.42 Å². The van der Waals surface area contributed by atoms with E-state index in [1.165, 1.54) is 6.33 Å². The van der Waals surface area contributed by atoms with Gasteiger partial charge in [0.05, 0.1) is 0 Å². The number of nitrogen functional groups attached to an aromatic ring is 1. The van der Waals surface area contributed by atoms with Gasteiger partial charge in [0, 0.05) is 18.7 Å². The average molecular weight is 210 g/mol. The summed E-state index contributed by atoms with van der Waals surface area (Å²) < 4.78 is 0. The lowest BCUT2D eigenvalue weighted by Gasteiger charge is -2.10. The zero-order valence-electron chi connectivity index (χ0n) is 9.03. The first-order valence-corrected chi connectivity index (χ1v) is 5.23. The first-order valence-electron chi connectivity index (χ1n) is 5.23. The van der Waals surface area contributed by atoms with Crippen molar-refractivity contribution in [2.75, 3.05) is 24.2 Å². The van der Waals surface area contributed by atoms with Crippen LogP contribution in [0.4, 0.5) is 11.6 Å². The summed E-state index contributed by atoms with van der Waals surface area (Å²) in [7, 11) is 0. The summed E-state index contributed by atoms with van der Waals surface area (Å²) in [6, 6.07) is 0. The van der Waals surface area contributed by atoms with E-state index in [1.807, 2.05) is 0 Å². The third kappa shape index (κ3) is 3.36. The zero-order valence-corrected chi connectivity index (χ0v) is 9.03. The molecular weight excluding hydrogens is 192 g/mol. The quantitative estimate of drug-likeness (QED) is 0.605. The molecule has 0 saturated carbocycles. The van der Waals surface area contributed by atoms with E-state index in [0.717, 1.165) is 24.2 Å². The number of nitrogens with two attached hydrogens (primary N) is 1. The Morgan fingerprint density at radius 1 is 1.47 bits per heavy atom. The Hall–Kier alpha value is -1.36. The number of nitrogens with zero attached hydrogens (tertiary/aromatic N) is 2. The molecule has 1 heterocycles. The number of hydrogen-bond donors (Lipinski definition) is 3. The molecule has 1 aromatic heterocycles. The number of aliphatic hydroxyl groups excluding tert-OH is 1. The van der Waals surface area contributed by atoms with Crippen molar-refractivity contribution >= 4 is 11.6 Å². The SMILES string of the molecule is CCCc1c(N)ncnc1NCCCO. The van der Waals surface area contributed by atoms with Crippen LogP contribution in [0.15, 0.2) is 6.33 Å². The van der Waals surface area contributed by atoms with E-state index in [2.05, 4.69) is 22.2 Å². The van der Waals surface area contributed by atoms with E-state index < -0.39 is 0 Å². The number of nitrogens with one attached hydrogen (secondary N) is 1. The monoisotopic (exact) mass is 210 g/mol. The van der Waals surface area contributed by atoms with E-state index in [4.69, 9.17) is 10.8 Å². The molecular formula is C10H18N4O. The van der Waals surface area contributed by atoms with Crippen LogP contribution >= 0.6 is 0 Å². The molecule has 84 valence electrons. The first kappa shape index (κ1) is 11.7. The minimum Gasteiger partial charge on any atom is -0.396 e. The van der Waals surface area contributed by atoms with Crippen LogP contribution in [0.3, 0.4) is 0 Å². The van der Waals surface area contributed by atoms with Gasteiger partial charge in [-0.3, -0.25) is 0 Å². The van der Waals surface area contributed by atoms with Gasteiger partial charge in [-0.05, 0) is 12.8 Å². The van der Waals surface area contributed by atoms with Crippen LogP contribution in [0.1, 0.15) is 25.3 Å². The fraction of sp³-hybridized carbons (Fsp3) is 0.600. The molecule has 0 aliphatic carbocycles. The number of anilines is 2. The van der Waals surface area contributed by atoms with Crippen LogP contribution in [0.2, 0.25) is 0 Å². The topological polar surface area (TPSA) is 84.1 Å². The normalized spacial score (nSPS) is 10.3. The van der Waals surface area contributed by atoms with Crippen LogP contribution in [0.5, 0.6) is 0 Å². The Balaban J connectivity index is 2.71. The molecule has 0 aliphatic rings. The average Bonchev–Trinajstić information content (AvgIpc) is 2.23. The third-order valence-electron chi connectivity index (χ3n) is 2.11. The highest BCUT2D eigenvalue weighted by Gasteiger charge is 2.07. The highest BCUT2D eigenvalue weighted by Crippen LogP contribution is 2.18. The van der Waals surface area contributed by atoms with Gasteiger partial charge in [0.15, 0.2) is 0 Å². The first-order chi connectivity index (χ1) is 7.29. The van der Waals surface area contributed by atoms with E-state index in [-0.39, 0.29) is 6.61 Å². The van der Waals surface area contributed by atoms with Crippen molar-refractivity contribution in [3.63, 3.8) is 0 Å². The van der Waals surface area contributed by atoms with Gasteiger partial charge >= 0.3 is 0 Å². The molecule has 0 aliphatic heterocycles. The molecule has 0 fully saturated rings. The molecule has 0 unspecified atom stereocenters. The Bertz CT molecular complexity index is 303. The summed E-state index contributed by atoms with van der Waals surface area (Å²) in [4.78, 5) is 8.11. The highest BCUT2D eigenvalue weighted by molar-refractivity contribution is 5.54. The molecule has 0 radical (unpaired) electrons. The molecule has 4 N–H and O–H groups in total. The highest BCUT2D eigenvalue weighted by atomic mass is 16.3. The number of aliphatic hydroxyl groups is 1. The molecule has 0 bridgehead atoms. The summed E-state index contributed by atoms with van der Waals surface area (Å²) >= 11 is 0. The maximum Gasteiger partial charge on any atom is 0.134 e. The fourth-order valence-electron chi connectivity index (χ4n) is 1.36. The maximum absolute atomic E-state index is 8.67. The van der Waals surface area contributed by atoms with Gasteiger partial charge in [-0.15, -0.1) is 0 Å². The van der Waals surface area contributed by atoms with Crippen molar-refractivity contribution in [1.82, 2.24) is 9.97 Å². The smallest absolute Gasteiger partial charge is 0.134 e. The van der Waals surface area contributed by atoms with Crippen molar-refractivity contribution in [3.8, 4) is 0 Å². The summed E-state index contributed by atoms with van der Waals surface area (Å²) in [6.45, 7) is 2.96. The number of aromatic nitrogens is 2. The largest absolute Gasteiger partial charge is 0.396 e. The zero-order chi connectivity index (χ0) is 11.1. The molecule has 5 heteroatoms. The van der Waals surface area contributed by atoms with Crippen molar-refractivity contribution < 1.29 is 5.11 Å². The minimum atomic E-state index is 0.177. The Morgan fingerprint density at radius 3 is 2.93 bits per heavy atom. The second kappa shape index (κ2) is 6.19. The molecule has 0 atom stereocenters. The Morgan fingerprint density at radius 2 is 2.27 bits per heavy atom. The molecule has 15 heavy (non-hydrogen) atoms. The Labute approximate surface area is 89.7 Å². The number of rotatable bonds is 6. The van der Waals surface area contributed by atoms with Gasteiger partial charge in [0.1, 0.15) is 18.0 Å². The molecule has 1 aromatic rings. The van der Waals surface area contributed by atoms with Crippen LogP contribution in [0.25, 0.3) is 0 Å². The fourth-order valence-corrected chi connectivity index (χ4v) is 1.36. The Kier molecular flexibility index (Phi) is 4.83. The molecule has 1 rings (SSSR count). The van der Waals surface area contributed by atoms with Gasteiger partial charge in [-0.25, -0.2) is 9.97 Å². The molecule has 0 saturated heterocycles. The predicted molar refractivity (Wildman–Crippen MR) is 60.6 cm³/mol. The third-order valence-corrected chi connectivity index (χ3v) is 2.11. The van der Waals surface area contributed by atoms with E-state index in [1.54, 1.807) is 0 Å². The van der Waals surface area contributed by atoms with Gasteiger partial charge in [0.2, 0.25) is 0 Å². The van der Waals surface area contributed by atoms with E-state index in [9.17, 15) is 0 Å². The molecule has 0 amide bonds. The van der Waals surface area contributed by atoms with Gasteiger partial charge in [-0.2, -0.15) is 0 Å². The summed E-state index contributed by atoms with van der Waals surface area (Å²) in [6.07, 6.45) is 4.03. The lowest BCUT2D eigenvalue weighted by atomic mass is 10.1. The summed E-state index contributed by atoms with van der Waals surface area (Å²) in [5.74, 6) is 1.33. The molecule has 5 nitrogen and oxygen atoms in total. The van der Waals surface area contributed by atoms with Gasteiger partial charge in [0.25, 0.3) is 0 Å². The van der Waals surface area contributed by atoms with Crippen molar-refractivity contribution in [2.45, 2.75) is 26.2 Å². The summed E-state index contributed by atoms with van der Waals surface area (Å²) in [5, 5.41) is 11.8. The van der Waals surface area contributed by atoms with Gasteiger partial charge < -0.3 is 16.2 Å². The number of hydrogen-bond acceptors (Lipinski definition) is 5. The van der Waals surface area contributed by atoms with Gasteiger partial charge in [-0.1, -0.05) is 13.3 Å². The second-order valence-corrected chi connectivity index (χ2v) is 3.34. The minimum absolute atomic E-state index is 0.177. The maximum atomic E-state index is 8.67. The van der Waals surface area contributed by atoms with Crippen molar-refractivity contribution in [1.29, 1.82) is 0 Å². The standard InChI is InChI=1S/C10H18N4O/c1-2-4-8-9(11)13-7-14-10(8)12-5-3-6-15/h7,15H,2-6H2,1H3,(H3,11,12,13,14). The molecule has 0 spiro atoms.